The number of nitrogens with one attached hydrogen (secondary N) is 1. The van der Waals surface area contributed by atoms with Gasteiger partial charge < -0.3 is 10.4 Å². The van der Waals surface area contributed by atoms with E-state index in [1.165, 1.54) is 12.1 Å². The molecular formula is C10H16N2O3S. The maximum atomic E-state index is 11.0. The lowest BCUT2D eigenvalue weighted by molar-refractivity contribution is 0.286. The van der Waals surface area contributed by atoms with Crippen molar-refractivity contribution in [1.82, 2.24) is 0 Å². The highest BCUT2D eigenvalue weighted by atomic mass is 32.2. The number of nitrogens with two attached hydrogens (primary N) is 1. The van der Waals surface area contributed by atoms with E-state index in [1.807, 2.05) is 0 Å². The van der Waals surface area contributed by atoms with E-state index in [9.17, 15) is 8.42 Å². The molecule has 0 aliphatic rings. The van der Waals surface area contributed by atoms with Crippen LogP contribution in [-0.2, 0) is 10.0 Å². The molecule has 0 atom stereocenters. The predicted octanol–water partition coefficient (Wildman–Crippen LogP) is 0.518. The molecule has 0 unspecified atom stereocenters. The Bertz CT molecular complexity index is 414. The number of benzene rings is 1. The number of hydrogen-bond donors (Lipinski definition) is 3. The number of hydrogen-bond acceptors (Lipinski definition) is 4. The SMILES string of the molecule is NS(=O)(=O)c1ccc(NCCCCO)cc1. The molecule has 0 radical (unpaired) electrons. The summed E-state index contributed by atoms with van der Waals surface area (Å²) >= 11 is 0. The third kappa shape index (κ3) is 4.18. The molecule has 1 rings (SSSR count). The molecule has 0 amide bonds. The molecule has 0 fully saturated rings. The number of unbranched alkanes of at least 4 members (excludes halogenated alkanes) is 1. The number of anilines is 1. The average molecular weight is 244 g/mol. The van der Waals surface area contributed by atoms with Gasteiger partial charge in [0, 0.05) is 18.8 Å². The summed E-state index contributed by atoms with van der Waals surface area (Å²) in [5.74, 6) is 0. The lowest BCUT2D eigenvalue weighted by Gasteiger charge is -2.06. The summed E-state index contributed by atoms with van der Waals surface area (Å²) in [4.78, 5) is 0.105. The van der Waals surface area contributed by atoms with Crippen LogP contribution in [0.5, 0.6) is 0 Å². The molecule has 0 saturated carbocycles. The summed E-state index contributed by atoms with van der Waals surface area (Å²) in [5.41, 5.74) is 0.838. The van der Waals surface area contributed by atoms with Gasteiger partial charge in [-0.2, -0.15) is 0 Å². The van der Waals surface area contributed by atoms with E-state index >= 15 is 0 Å². The average Bonchev–Trinajstić information content (AvgIpc) is 2.24. The number of aliphatic hydroxyl groups is 1. The first-order chi connectivity index (χ1) is 7.54. The van der Waals surface area contributed by atoms with Gasteiger partial charge in [0.15, 0.2) is 0 Å². The van der Waals surface area contributed by atoms with Crippen molar-refractivity contribution < 1.29 is 13.5 Å². The van der Waals surface area contributed by atoms with E-state index in [0.29, 0.717) is 0 Å². The molecule has 0 aliphatic heterocycles. The van der Waals surface area contributed by atoms with Crippen LogP contribution in [-0.4, -0.2) is 26.7 Å². The fourth-order valence-corrected chi connectivity index (χ4v) is 1.75. The van der Waals surface area contributed by atoms with Crippen LogP contribution in [0.3, 0.4) is 0 Å². The van der Waals surface area contributed by atoms with Crippen LogP contribution >= 0.6 is 0 Å². The third-order valence-corrected chi connectivity index (χ3v) is 3.03. The van der Waals surface area contributed by atoms with Gasteiger partial charge in [-0.3, -0.25) is 0 Å². The second-order valence-corrected chi connectivity index (χ2v) is 4.99. The van der Waals surface area contributed by atoms with Crippen molar-refractivity contribution in [3.8, 4) is 0 Å². The third-order valence-electron chi connectivity index (χ3n) is 2.10. The number of sulfonamides is 1. The minimum atomic E-state index is -3.61. The van der Waals surface area contributed by atoms with Gasteiger partial charge >= 0.3 is 0 Å². The molecule has 0 aromatic heterocycles. The Morgan fingerprint density at radius 1 is 1.19 bits per heavy atom. The van der Waals surface area contributed by atoms with Gasteiger partial charge in [-0.05, 0) is 37.1 Å². The van der Waals surface area contributed by atoms with Crippen molar-refractivity contribution in [1.29, 1.82) is 0 Å². The van der Waals surface area contributed by atoms with Gasteiger partial charge in [0.1, 0.15) is 0 Å². The summed E-state index contributed by atoms with van der Waals surface area (Å²) in [6, 6.07) is 6.25. The largest absolute Gasteiger partial charge is 0.396 e. The normalized spacial score (nSPS) is 11.4. The highest BCUT2D eigenvalue weighted by Gasteiger charge is 2.05. The van der Waals surface area contributed by atoms with Crippen LogP contribution < -0.4 is 10.5 Å². The summed E-state index contributed by atoms with van der Waals surface area (Å²) in [7, 11) is -3.61. The molecule has 5 nitrogen and oxygen atoms in total. The molecule has 0 bridgehead atoms. The maximum Gasteiger partial charge on any atom is 0.238 e. The van der Waals surface area contributed by atoms with Crippen molar-refractivity contribution in [2.75, 3.05) is 18.5 Å². The Balaban J connectivity index is 2.52. The second-order valence-electron chi connectivity index (χ2n) is 3.43. The molecule has 90 valence electrons. The summed E-state index contributed by atoms with van der Waals surface area (Å²) in [5, 5.41) is 16.7. The molecule has 0 aliphatic carbocycles. The van der Waals surface area contributed by atoms with Gasteiger partial charge in [-0.1, -0.05) is 0 Å². The molecule has 16 heavy (non-hydrogen) atoms. The van der Waals surface area contributed by atoms with Crippen LogP contribution in [0.25, 0.3) is 0 Å². The van der Waals surface area contributed by atoms with Crippen molar-refractivity contribution in [2.24, 2.45) is 5.14 Å². The lowest BCUT2D eigenvalue weighted by Crippen LogP contribution is -2.12. The first kappa shape index (κ1) is 13.0. The molecule has 0 heterocycles. The maximum absolute atomic E-state index is 11.0. The number of primary sulfonamides is 1. The van der Waals surface area contributed by atoms with Crippen LogP contribution in [0.1, 0.15) is 12.8 Å². The lowest BCUT2D eigenvalue weighted by atomic mass is 10.3. The molecule has 0 spiro atoms. The number of aliphatic hydroxyl groups excluding tert-OH is 1. The van der Waals surface area contributed by atoms with Crippen LogP contribution in [0.4, 0.5) is 5.69 Å². The van der Waals surface area contributed by atoms with Gasteiger partial charge in [-0.25, -0.2) is 13.6 Å². The first-order valence-electron chi connectivity index (χ1n) is 5.01. The molecule has 0 saturated heterocycles. The van der Waals surface area contributed by atoms with Crippen molar-refractivity contribution in [3.05, 3.63) is 24.3 Å². The van der Waals surface area contributed by atoms with Crippen molar-refractivity contribution in [2.45, 2.75) is 17.7 Å². The van der Waals surface area contributed by atoms with Crippen LogP contribution in [0, 0.1) is 0 Å². The van der Waals surface area contributed by atoms with Gasteiger partial charge in [0.2, 0.25) is 10.0 Å². The minimum absolute atomic E-state index is 0.105. The van der Waals surface area contributed by atoms with E-state index in [2.05, 4.69) is 5.32 Å². The van der Waals surface area contributed by atoms with Crippen LogP contribution in [0.15, 0.2) is 29.2 Å². The minimum Gasteiger partial charge on any atom is -0.396 e. The summed E-state index contributed by atoms with van der Waals surface area (Å²) < 4.78 is 21.9. The first-order valence-corrected chi connectivity index (χ1v) is 6.56. The number of rotatable bonds is 6. The Kier molecular flexibility index (Phi) is 4.72. The van der Waals surface area contributed by atoms with E-state index < -0.39 is 10.0 Å². The van der Waals surface area contributed by atoms with E-state index in [1.54, 1.807) is 12.1 Å². The highest BCUT2D eigenvalue weighted by Crippen LogP contribution is 2.12. The zero-order valence-electron chi connectivity index (χ0n) is 8.89. The van der Waals surface area contributed by atoms with Crippen molar-refractivity contribution in [3.63, 3.8) is 0 Å². The van der Waals surface area contributed by atoms with Gasteiger partial charge in [-0.15, -0.1) is 0 Å². The smallest absolute Gasteiger partial charge is 0.238 e. The fourth-order valence-electron chi connectivity index (χ4n) is 1.23. The highest BCUT2D eigenvalue weighted by molar-refractivity contribution is 7.89. The summed E-state index contributed by atoms with van der Waals surface area (Å²) in [6.07, 6.45) is 1.62. The summed E-state index contributed by atoms with van der Waals surface area (Å²) in [6.45, 7) is 0.932. The second kappa shape index (κ2) is 5.83. The van der Waals surface area contributed by atoms with E-state index in [0.717, 1.165) is 25.1 Å². The Morgan fingerprint density at radius 3 is 2.31 bits per heavy atom. The fraction of sp³-hybridized carbons (Fsp3) is 0.400. The van der Waals surface area contributed by atoms with Gasteiger partial charge in [0.25, 0.3) is 0 Å². The van der Waals surface area contributed by atoms with Crippen molar-refractivity contribution >= 4 is 15.7 Å². The van der Waals surface area contributed by atoms with E-state index in [-0.39, 0.29) is 11.5 Å². The topological polar surface area (TPSA) is 92.4 Å². The molecule has 4 N–H and O–H groups in total. The van der Waals surface area contributed by atoms with Crippen LogP contribution in [0.2, 0.25) is 0 Å². The standard InChI is InChI=1S/C10H16N2O3S/c11-16(14,15)10-5-3-9(4-6-10)12-7-1-2-8-13/h3-6,12-13H,1-2,7-8H2,(H2,11,14,15). The molecule has 1 aromatic carbocycles. The molecular weight excluding hydrogens is 228 g/mol. The zero-order valence-corrected chi connectivity index (χ0v) is 9.70. The quantitative estimate of drug-likeness (QED) is 0.636. The molecule has 1 aromatic rings. The molecule has 6 heteroatoms. The van der Waals surface area contributed by atoms with E-state index in [4.69, 9.17) is 10.2 Å². The zero-order chi connectivity index (χ0) is 12.0. The predicted molar refractivity (Wildman–Crippen MR) is 62.6 cm³/mol. The monoisotopic (exact) mass is 244 g/mol. The Morgan fingerprint density at radius 2 is 1.81 bits per heavy atom. The Hall–Kier alpha value is -1.11. The Labute approximate surface area is 95.3 Å². The van der Waals surface area contributed by atoms with Gasteiger partial charge in [0.05, 0.1) is 4.90 Å².